The van der Waals surface area contributed by atoms with Gasteiger partial charge in [-0.25, -0.2) is 4.98 Å². The maximum Gasteiger partial charge on any atom is 0.106 e. The lowest BCUT2D eigenvalue weighted by atomic mass is 10.5. The number of imidazole rings is 1. The minimum absolute atomic E-state index is 0.267. The number of hydrogen-bond acceptors (Lipinski definition) is 3. The Morgan fingerprint density at radius 2 is 2.45 bits per heavy atom. The fourth-order valence-electron chi connectivity index (χ4n) is 0.770. The Balaban J connectivity index is 2.04. The molecule has 2 N–H and O–H groups in total. The van der Waals surface area contributed by atoms with Gasteiger partial charge in [-0.05, 0) is 0 Å². The molecule has 0 aliphatic carbocycles. The van der Waals surface area contributed by atoms with E-state index in [1.54, 1.807) is 18.0 Å². The number of aliphatic hydroxyl groups excluding tert-OH is 1. The maximum absolute atomic E-state index is 8.48. The second-order valence-electron chi connectivity index (χ2n) is 2.12. The predicted octanol–water partition coefficient (Wildman–Crippen LogP) is 0.678. The van der Waals surface area contributed by atoms with Gasteiger partial charge in [0.1, 0.15) is 5.82 Å². The van der Waals surface area contributed by atoms with Crippen LogP contribution in [-0.4, -0.2) is 33.2 Å². The van der Waals surface area contributed by atoms with Crippen LogP contribution in [0, 0.1) is 0 Å². The Bertz CT molecular complexity index is 177. The molecule has 4 heteroatoms. The minimum atomic E-state index is 0.267. The number of aliphatic hydroxyl groups is 1. The van der Waals surface area contributed by atoms with Crippen molar-refractivity contribution in [2.45, 2.75) is 6.42 Å². The van der Waals surface area contributed by atoms with Crippen molar-refractivity contribution in [1.29, 1.82) is 0 Å². The second kappa shape index (κ2) is 5.21. The molecule has 1 heterocycles. The zero-order chi connectivity index (χ0) is 7.94. The second-order valence-corrected chi connectivity index (χ2v) is 3.35. The summed E-state index contributed by atoms with van der Waals surface area (Å²) in [5.41, 5.74) is 0. The number of nitrogens with one attached hydrogen (secondary N) is 1. The van der Waals surface area contributed by atoms with E-state index in [1.807, 2.05) is 6.20 Å². The lowest BCUT2D eigenvalue weighted by Gasteiger charge is -1.95. The van der Waals surface area contributed by atoms with Crippen LogP contribution >= 0.6 is 11.8 Å². The van der Waals surface area contributed by atoms with Gasteiger partial charge in [0.25, 0.3) is 0 Å². The molecule has 0 fully saturated rings. The monoisotopic (exact) mass is 172 g/mol. The molecular weight excluding hydrogens is 160 g/mol. The van der Waals surface area contributed by atoms with Crippen molar-refractivity contribution < 1.29 is 5.11 Å². The zero-order valence-electron chi connectivity index (χ0n) is 6.29. The third-order valence-corrected chi connectivity index (χ3v) is 2.24. The van der Waals surface area contributed by atoms with E-state index in [-0.39, 0.29) is 6.61 Å². The molecule has 0 atom stereocenters. The predicted molar refractivity (Wildman–Crippen MR) is 46.7 cm³/mol. The van der Waals surface area contributed by atoms with Crippen LogP contribution in [0.1, 0.15) is 5.82 Å². The van der Waals surface area contributed by atoms with Crippen LogP contribution in [0.5, 0.6) is 0 Å². The van der Waals surface area contributed by atoms with E-state index in [0.29, 0.717) is 0 Å². The average Bonchev–Trinajstić information content (AvgIpc) is 2.50. The van der Waals surface area contributed by atoms with Crippen LogP contribution in [0.2, 0.25) is 0 Å². The molecule has 0 amide bonds. The van der Waals surface area contributed by atoms with E-state index in [0.717, 1.165) is 23.8 Å². The van der Waals surface area contributed by atoms with Gasteiger partial charge in [-0.2, -0.15) is 11.8 Å². The lowest BCUT2D eigenvalue weighted by Crippen LogP contribution is -1.94. The number of thioether (sulfide) groups is 1. The highest BCUT2D eigenvalue weighted by Gasteiger charge is 1.93. The molecule has 0 spiro atoms. The third kappa shape index (κ3) is 3.43. The normalized spacial score (nSPS) is 10.3. The molecule has 0 radical (unpaired) electrons. The van der Waals surface area contributed by atoms with Crippen LogP contribution in [0.15, 0.2) is 12.4 Å². The van der Waals surface area contributed by atoms with Crippen LogP contribution in [0.25, 0.3) is 0 Å². The zero-order valence-corrected chi connectivity index (χ0v) is 7.10. The quantitative estimate of drug-likeness (QED) is 0.642. The molecule has 0 bridgehead atoms. The molecule has 0 aromatic carbocycles. The number of aromatic amines is 1. The van der Waals surface area contributed by atoms with Crippen LogP contribution < -0.4 is 0 Å². The summed E-state index contributed by atoms with van der Waals surface area (Å²) >= 11 is 1.74. The van der Waals surface area contributed by atoms with E-state index in [2.05, 4.69) is 9.97 Å². The Labute approximate surface area is 70.2 Å². The first-order valence-corrected chi connectivity index (χ1v) is 4.76. The number of aromatic nitrogens is 2. The highest BCUT2D eigenvalue weighted by molar-refractivity contribution is 7.99. The van der Waals surface area contributed by atoms with E-state index in [9.17, 15) is 0 Å². The van der Waals surface area contributed by atoms with E-state index in [1.165, 1.54) is 0 Å². The molecule has 0 saturated heterocycles. The van der Waals surface area contributed by atoms with E-state index >= 15 is 0 Å². The van der Waals surface area contributed by atoms with Gasteiger partial charge < -0.3 is 10.1 Å². The van der Waals surface area contributed by atoms with Crippen LogP contribution in [0.4, 0.5) is 0 Å². The van der Waals surface area contributed by atoms with Crippen molar-refractivity contribution in [3.8, 4) is 0 Å². The lowest BCUT2D eigenvalue weighted by molar-refractivity contribution is 0.322. The molecule has 1 rings (SSSR count). The number of hydrogen-bond donors (Lipinski definition) is 2. The van der Waals surface area contributed by atoms with Crippen molar-refractivity contribution >= 4 is 11.8 Å². The Hall–Kier alpha value is -0.480. The summed E-state index contributed by atoms with van der Waals surface area (Å²) in [6.07, 6.45) is 4.54. The summed E-state index contributed by atoms with van der Waals surface area (Å²) in [7, 11) is 0. The Kier molecular flexibility index (Phi) is 4.08. The summed E-state index contributed by atoms with van der Waals surface area (Å²) < 4.78 is 0. The van der Waals surface area contributed by atoms with Crippen molar-refractivity contribution in [3.63, 3.8) is 0 Å². The fourth-order valence-corrected chi connectivity index (χ4v) is 1.44. The fraction of sp³-hybridized carbons (Fsp3) is 0.571. The van der Waals surface area contributed by atoms with Crippen LogP contribution in [0.3, 0.4) is 0 Å². The molecule has 0 saturated carbocycles. The van der Waals surface area contributed by atoms with Crippen molar-refractivity contribution in [2.24, 2.45) is 0 Å². The Morgan fingerprint density at radius 1 is 1.55 bits per heavy atom. The van der Waals surface area contributed by atoms with Gasteiger partial charge in [0, 0.05) is 30.3 Å². The molecule has 0 unspecified atom stereocenters. The summed E-state index contributed by atoms with van der Waals surface area (Å²) in [4.78, 5) is 7.11. The highest BCUT2D eigenvalue weighted by atomic mass is 32.2. The Morgan fingerprint density at radius 3 is 3.09 bits per heavy atom. The summed E-state index contributed by atoms with van der Waals surface area (Å²) in [6, 6.07) is 0. The number of nitrogens with zero attached hydrogens (tertiary/aromatic N) is 1. The van der Waals surface area contributed by atoms with Crippen LogP contribution in [-0.2, 0) is 6.42 Å². The molecule has 0 aliphatic rings. The molecule has 62 valence electrons. The van der Waals surface area contributed by atoms with E-state index in [4.69, 9.17) is 5.11 Å². The van der Waals surface area contributed by atoms with Gasteiger partial charge in [-0.15, -0.1) is 0 Å². The largest absolute Gasteiger partial charge is 0.396 e. The van der Waals surface area contributed by atoms with Crippen molar-refractivity contribution in [1.82, 2.24) is 9.97 Å². The molecule has 1 aromatic heterocycles. The van der Waals surface area contributed by atoms with Gasteiger partial charge in [0.15, 0.2) is 0 Å². The average molecular weight is 172 g/mol. The standard InChI is InChI=1S/C7H12N2OS/c10-4-6-11-5-1-7-8-2-3-9-7/h2-3,10H,1,4-6H2,(H,8,9). The van der Waals surface area contributed by atoms with Gasteiger partial charge >= 0.3 is 0 Å². The van der Waals surface area contributed by atoms with Gasteiger partial charge in [-0.3, -0.25) is 0 Å². The van der Waals surface area contributed by atoms with Gasteiger partial charge in [-0.1, -0.05) is 0 Å². The van der Waals surface area contributed by atoms with Gasteiger partial charge in [0.2, 0.25) is 0 Å². The number of rotatable bonds is 5. The van der Waals surface area contributed by atoms with Crippen molar-refractivity contribution in [2.75, 3.05) is 18.1 Å². The number of H-pyrrole nitrogens is 1. The van der Waals surface area contributed by atoms with Gasteiger partial charge in [0.05, 0.1) is 6.61 Å². The minimum Gasteiger partial charge on any atom is -0.396 e. The number of aryl methyl sites for hydroxylation is 1. The van der Waals surface area contributed by atoms with Crippen molar-refractivity contribution in [3.05, 3.63) is 18.2 Å². The SMILES string of the molecule is OCCSCCc1ncc[nH]1. The first-order valence-electron chi connectivity index (χ1n) is 3.60. The maximum atomic E-state index is 8.48. The summed E-state index contributed by atoms with van der Waals surface area (Å²) in [6.45, 7) is 0.267. The summed E-state index contributed by atoms with van der Waals surface area (Å²) in [5, 5.41) is 8.48. The molecule has 0 aliphatic heterocycles. The molecule has 11 heavy (non-hydrogen) atoms. The van der Waals surface area contributed by atoms with E-state index < -0.39 is 0 Å². The molecular formula is C7H12N2OS. The highest BCUT2D eigenvalue weighted by Crippen LogP contribution is 2.01. The topological polar surface area (TPSA) is 48.9 Å². The first kappa shape index (κ1) is 8.62. The molecule has 3 nitrogen and oxygen atoms in total. The molecule has 1 aromatic rings. The summed E-state index contributed by atoms with van der Waals surface area (Å²) in [5.74, 6) is 2.87. The first-order chi connectivity index (χ1) is 5.43. The third-order valence-electron chi connectivity index (χ3n) is 1.27. The smallest absolute Gasteiger partial charge is 0.106 e.